The van der Waals surface area contributed by atoms with Crippen LogP contribution in [0.15, 0.2) is 60.7 Å². The number of hydrogen-bond donors (Lipinski definition) is 1. The van der Waals surface area contributed by atoms with Crippen LogP contribution in [0.3, 0.4) is 0 Å². The number of rotatable bonds is 8. The van der Waals surface area contributed by atoms with Gasteiger partial charge in [-0.25, -0.2) is 5.10 Å². The van der Waals surface area contributed by atoms with Gasteiger partial charge in [-0.3, -0.25) is 10.1 Å². The topological polar surface area (TPSA) is 108 Å². The fraction of sp³-hybridized carbons (Fsp3) is 0.125. The largest absolute Gasteiger partial charge is 0.481 e. The molecule has 3 aromatic rings. The normalized spacial score (nSPS) is 10.2. The maximum Gasteiger partial charge on any atom is 0.333 e. The third-order valence-corrected chi connectivity index (χ3v) is 3.21. The minimum atomic E-state index is -0.798. The molecule has 0 unspecified atom stereocenters. The van der Waals surface area contributed by atoms with Crippen LogP contribution in [0.1, 0.15) is 11.6 Å². The summed E-state index contributed by atoms with van der Waals surface area (Å²) < 4.78 is 12.2. The molecule has 0 fully saturated rings. The Hall–Kier alpha value is -3.62. The number of aromatic nitrogens is 3. The van der Waals surface area contributed by atoms with Gasteiger partial charge in [0.05, 0.1) is 0 Å². The predicted molar refractivity (Wildman–Crippen MR) is 86.1 cm³/mol. The summed E-state index contributed by atoms with van der Waals surface area (Å²) in [6.07, 6.45) is 0. The Bertz CT molecular complexity index is 762. The van der Waals surface area contributed by atoms with E-state index < -0.39 is 5.03 Å². The standard InChI is InChI=1S/C16H15N5O4/c22-21(23)19-20-15(11-24-13-7-3-1-4-8-13)17-18-16(20)12-25-14-9-5-2-6-10-14/h1-10,17H,11-12H2. The van der Waals surface area contributed by atoms with Crippen molar-refractivity contribution in [3.05, 3.63) is 88.0 Å². The molecule has 128 valence electrons. The van der Waals surface area contributed by atoms with Crippen molar-refractivity contribution in [3.8, 4) is 11.5 Å². The Morgan fingerprint density at radius 3 is 2.12 bits per heavy atom. The molecule has 1 heterocycles. The maximum atomic E-state index is 10.8. The highest BCUT2D eigenvalue weighted by atomic mass is 16.7. The Balaban J connectivity index is 1.72. The van der Waals surface area contributed by atoms with Crippen LogP contribution >= 0.6 is 0 Å². The van der Waals surface area contributed by atoms with Crippen molar-refractivity contribution < 1.29 is 19.2 Å². The minimum Gasteiger partial charge on any atom is -0.481 e. The molecule has 0 atom stereocenters. The van der Waals surface area contributed by atoms with Crippen LogP contribution in [-0.4, -0.2) is 15.2 Å². The molecule has 0 saturated heterocycles. The fourth-order valence-electron chi connectivity index (χ4n) is 2.08. The minimum absolute atomic E-state index is 0.0171. The zero-order valence-corrected chi connectivity index (χ0v) is 13.1. The number of benzene rings is 2. The molecule has 2 aromatic carbocycles. The van der Waals surface area contributed by atoms with Crippen LogP contribution in [0.2, 0.25) is 0 Å². The lowest BCUT2D eigenvalue weighted by Gasteiger charge is -2.07. The van der Waals surface area contributed by atoms with Gasteiger partial charge in [0.25, 0.3) is 0 Å². The summed E-state index contributed by atoms with van der Waals surface area (Å²) in [5, 5.41) is 16.7. The average Bonchev–Trinajstić information content (AvgIpc) is 3.01. The average molecular weight is 341 g/mol. The van der Waals surface area contributed by atoms with Crippen LogP contribution in [0.5, 0.6) is 11.5 Å². The van der Waals surface area contributed by atoms with Crippen molar-refractivity contribution in [1.82, 2.24) is 10.2 Å². The van der Waals surface area contributed by atoms with Gasteiger partial charge >= 0.3 is 11.6 Å². The summed E-state index contributed by atoms with van der Waals surface area (Å²) >= 11 is 0. The van der Waals surface area contributed by atoms with Gasteiger partial charge in [-0.2, -0.15) is 0 Å². The highest BCUT2D eigenvalue weighted by Gasteiger charge is 2.21. The molecule has 0 aliphatic carbocycles. The number of nitro groups is 1. The number of hydrogen-bond acceptors (Lipinski definition) is 5. The van der Waals surface area contributed by atoms with E-state index in [1.807, 2.05) is 36.4 Å². The second-order valence-corrected chi connectivity index (χ2v) is 4.93. The molecule has 0 aliphatic heterocycles. The number of para-hydroxylation sites is 2. The van der Waals surface area contributed by atoms with Gasteiger partial charge in [-0.1, -0.05) is 41.9 Å². The van der Waals surface area contributed by atoms with Crippen molar-refractivity contribution in [1.29, 1.82) is 0 Å². The summed E-state index contributed by atoms with van der Waals surface area (Å²) in [6, 6.07) is 18.2. The quantitative estimate of drug-likeness (QED) is 0.384. The molecule has 0 radical (unpaired) electrons. The Kier molecular flexibility index (Phi) is 5.05. The van der Waals surface area contributed by atoms with E-state index in [0.29, 0.717) is 17.3 Å². The van der Waals surface area contributed by atoms with Gasteiger partial charge in [0.15, 0.2) is 13.2 Å². The number of H-pyrrole nitrogens is 1. The van der Waals surface area contributed by atoms with E-state index in [-0.39, 0.29) is 19.0 Å². The summed E-state index contributed by atoms with van der Waals surface area (Å²) in [7, 11) is 0. The van der Waals surface area contributed by atoms with E-state index in [9.17, 15) is 10.1 Å². The predicted octanol–water partition coefficient (Wildman–Crippen LogP) is 2.18. The molecule has 9 nitrogen and oxygen atoms in total. The van der Waals surface area contributed by atoms with Gasteiger partial charge in [0, 0.05) is 5.03 Å². The van der Waals surface area contributed by atoms with Crippen LogP contribution < -0.4 is 14.1 Å². The first-order chi connectivity index (χ1) is 12.2. The molecule has 3 rings (SSSR count). The Morgan fingerprint density at radius 1 is 1.00 bits per heavy atom. The van der Waals surface area contributed by atoms with Crippen molar-refractivity contribution in [3.63, 3.8) is 0 Å². The highest BCUT2D eigenvalue weighted by Crippen LogP contribution is 2.12. The van der Waals surface area contributed by atoms with E-state index in [2.05, 4.69) is 15.7 Å². The number of nitrogens with one attached hydrogen (secondary N) is 1. The lowest BCUT2D eigenvalue weighted by Crippen LogP contribution is -2.40. The zero-order chi connectivity index (χ0) is 17.5. The molecule has 1 N–H and O–H groups in total. The molecule has 0 saturated carbocycles. The molecule has 1 aromatic heterocycles. The molecule has 0 aliphatic rings. The first-order valence-corrected chi connectivity index (χ1v) is 7.42. The first-order valence-electron chi connectivity index (χ1n) is 7.42. The van der Waals surface area contributed by atoms with Gasteiger partial charge in [-0.15, -0.1) is 9.77 Å². The second-order valence-electron chi connectivity index (χ2n) is 4.93. The Morgan fingerprint density at radius 2 is 1.56 bits per heavy atom. The van der Waals surface area contributed by atoms with E-state index in [0.717, 1.165) is 4.68 Å². The van der Waals surface area contributed by atoms with Crippen molar-refractivity contribution in [2.75, 3.05) is 0 Å². The van der Waals surface area contributed by atoms with Crippen LogP contribution in [0.4, 0.5) is 0 Å². The monoisotopic (exact) mass is 341 g/mol. The van der Waals surface area contributed by atoms with E-state index in [4.69, 9.17) is 9.47 Å². The molecular weight excluding hydrogens is 326 g/mol. The lowest BCUT2D eigenvalue weighted by molar-refractivity contribution is -0.749. The number of nitrogens with zero attached hydrogens (tertiary/aromatic N) is 4. The van der Waals surface area contributed by atoms with E-state index in [1.54, 1.807) is 24.3 Å². The number of ether oxygens (including phenoxy) is 2. The zero-order valence-electron chi connectivity index (χ0n) is 13.1. The summed E-state index contributed by atoms with van der Waals surface area (Å²) in [5.74, 6) is 1.84. The highest BCUT2D eigenvalue weighted by molar-refractivity contribution is 5.21. The van der Waals surface area contributed by atoms with Crippen LogP contribution in [0.25, 0.3) is 5.53 Å². The maximum absolute atomic E-state index is 10.8. The molecule has 9 heteroatoms. The number of aromatic amines is 1. The van der Waals surface area contributed by atoms with Crippen LogP contribution in [-0.2, 0) is 13.2 Å². The molecular formula is C16H15N5O4. The van der Waals surface area contributed by atoms with Gasteiger partial charge in [0.2, 0.25) is 0 Å². The molecule has 0 amide bonds. The summed E-state index contributed by atoms with van der Waals surface area (Å²) in [4.78, 5) is 10.8. The fourth-order valence-corrected chi connectivity index (χ4v) is 2.08. The first kappa shape index (κ1) is 16.2. The van der Waals surface area contributed by atoms with E-state index in [1.165, 1.54) is 0 Å². The SMILES string of the molecule is O=[N+]([O-])[N-][n+]1c(COc2ccccc2)n[nH]c1COc1ccccc1. The summed E-state index contributed by atoms with van der Waals surface area (Å²) in [5.41, 5.74) is 3.33. The van der Waals surface area contributed by atoms with Gasteiger partial charge < -0.3 is 9.47 Å². The van der Waals surface area contributed by atoms with Crippen molar-refractivity contribution in [2.24, 2.45) is 0 Å². The molecule has 0 bridgehead atoms. The Labute approximate surface area is 142 Å². The molecule has 0 spiro atoms. The van der Waals surface area contributed by atoms with Crippen molar-refractivity contribution in [2.45, 2.75) is 13.2 Å². The van der Waals surface area contributed by atoms with Gasteiger partial charge in [-0.05, 0) is 24.3 Å². The third kappa shape index (κ3) is 4.44. The lowest BCUT2D eigenvalue weighted by atomic mass is 10.3. The van der Waals surface area contributed by atoms with E-state index >= 15 is 0 Å². The smallest absolute Gasteiger partial charge is 0.333 e. The second kappa shape index (κ2) is 7.77. The third-order valence-electron chi connectivity index (χ3n) is 3.21. The van der Waals surface area contributed by atoms with Gasteiger partial charge in [0.1, 0.15) is 11.5 Å². The molecule has 25 heavy (non-hydrogen) atoms. The summed E-state index contributed by atoms with van der Waals surface area (Å²) in [6.45, 7) is 0.0584. The van der Waals surface area contributed by atoms with Crippen LogP contribution in [0, 0.1) is 10.1 Å². The van der Waals surface area contributed by atoms with Crippen molar-refractivity contribution >= 4 is 0 Å².